The number of hydrogen-bond acceptors (Lipinski definition) is 4. The van der Waals surface area contributed by atoms with Crippen molar-refractivity contribution in [2.45, 2.75) is 11.5 Å². The highest BCUT2D eigenvalue weighted by atomic mass is 32.2. The number of H-pyrrole nitrogens is 1. The highest BCUT2D eigenvalue weighted by Crippen LogP contribution is 2.27. The summed E-state index contributed by atoms with van der Waals surface area (Å²) in [5, 5.41) is 1.27. The van der Waals surface area contributed by atoms with E-state index in [1.54, 1.807) is 6.26 Å². The molecule has 2 aromatic carbocycles. The number of alkyl halides is 3. The third-order valence-corrected chi connectivity index (χ3v) is 4.64. The van der Waals surface area contributed by atoms with E-state index in [1.165, 1.54) is 28.5 Å². The fourth-order valence-electron chi connectivity index (χ4n) is 2.90. The predicted molar refractivity (Wildman–Crippen MR) is 97.7 cm³/mol. The number of nitrogens with one attached hydrogen (secondary N) is 1. The van der Waals surface area contributed by atoms with E-state index in [1.807, 2.05) is 24.3 Å². The Morgan fingerprint density at radius 2 is 1.81 bits per heavy atom. The van der Waals surface area contributed by atoms with Gasteiger partial charge in [-0.2, -0.15) is 0 Å². The van der Waals surface area contributed by atoms with Gasteiger partial charge < -0.3 is 9.72 Å². The van der Waals surface area contributed by atoms with E-state index in [9.17, 15) is 18.0 Å². The standard InChI is InChI=1S/C18H12F3N3O2S/c1-27-17-23-14-12-4-2-3-5-13(12)22-15(14)16(25)24(17)10-6-8-11(9-7-10)26-18(19,20)21/h2-9,22H,1H3. The van der Waals surface area contributed by atoms with Gasteiger partial charge in [-0.3, -0.25) is 9.36 Å². The van der Waals surface area contributed by atoms with Crippen LogP contribution >= 0.6 is 11.8 Å². The van der Waals surface area contributed by atoms with Crippen LogP contribution in [0.2, 0.25) is 0 Å². The van der Waals surface area contributed by atoms with Crippen LogP contribution in [0.1, 0.15) is 0 Å². The summed E-state index contributed by atoms with van der Waals surface area (Å²) in [6.45, 7) is 0. The zero-order valence-electron chi connectivity index (χ0n) is 13.9. The van der Waals surface area contributed by atoms with Gasteiger partial charge in [0.15, 0.2) is 5.16 Å². The molecule has 0 saturated carbocycles. The first-order valence-corrected chi connectivity index (χ1v) is 9.03. The lowest BCUT2D eigenvalue weighted by Gasteiger charge is -2.12. The molecule has 9 heteroatoms. The maximum absolute atomic E-state index is 13.1. The lowest BCUT2D eigenvalue weighted by Crippen LogP contribution is -2.22. The van der Waals surface area contributed by atoms with Crippen molar-refractivity contribution in [3.8, 4) is 11.4 Å². The van der Waals surface area contributed by atoms with Gasteiger partial charge >= 0.3 is 6.36 Å². The first-order chi connectivity index (χ1) is 12.9. The molecule has 27 heavy (non-hydrogen) atoms. The molecule has 0 radical (unpaired) electrons. The minimum Gasteiger partial charge on any atom is -0.406 e. The molecule has 0 fully saturated rings. The van der Waals surface area contributed by atoms with Crippen LogP contribution in [-0.2, 0) is 0 Å². The number of thioether (sulfide) groups is 1. The van der Waals surface area contributed by atoms with E-state index < -0.39 is 6.36 Å². The monoisotopic (exact) mass is 391 g/mol. The van der Waals surface area contributed by atoms with Crippen molar-refractivity contribution < 1.29 is 17.9 Å². The van der Waals surface area contributed by atoms with Crippen LogP contribution in [0.5, 0.6) is 5.75 Å². The molecule has 0 aliphatic heterocycles. The summed E-state index contributed by atoms with van der Waals surface area (Å²) in [4.78, 5) is 20.7. The number of aromatic nitrogens is 3. The van der Waals surface area contributed by atoms with Crippen LogP contribution in [0, 0.1) is 0 Å². The minimum absolute atomic E-state index is 0.329. The van der Waals surface area contributed by atoms with Gasteiger partial charge in [-0.1, -0.05) is 30.0 Å². The number of nitrogens with zero attached hydrogens (tertiary/aromatic N) is 2. The fraction of sp³-hybridized carbons (Fsp3) is 0.111. The zero-order chi connectivity index (χ0) is 19.2. The SMILES string of the molecule is CSc1nc2c([nH]c3ccccc32)c(=O)n1-c1ccc(OC(F)(F)F)cc1. The molecule has 4 rings (SSSR count). The summed E-state index contributed by atoms with van der Waals surface area (Å²) in [5.74, 6) is -0.357. The van der Waals surface area contributed by atoms with Crippen LogP contribution in [-0.4, -0.2) is 27.2 Å². The first kappa shape index (κ1) is 17.5. The number of halogens is 3. The Morgan fingerprint density at radius 3 is 2.48 bits per heavy atom. The maximum Gasteiger partial charge on any atom is 0.573 e. The van der Waals surface area contributed by atoms with E-state index >= 15 is 0 Å². The van der Waals surface area contributed by atoms with Gasteiger partial charge in [0.25, 0.3) is 5.56 Å². The molecule has 0 amide bonds. The number of para-hydroxylation sites is 1. The zero-order valence-corrected chi connectivity index (χ0v) is 14.7. The number of fused-ring (bicyclic) bond motifs is 3. The Hall–Kier alpha value is -2.94. The summed E-state index contributed by atoms with van der Waals surface area (Å²) < 4.78 is 42.2. The Balaban J connectivity index is 1.89. The summed E-state index contributed by atoms with van der Waals surface area (Å²) in [7, 11) is 0. The quantitative estimate of drug-likeness (QED) is 0.413. The van der Waals surface area contributed by atoms with Crippen molar-refractivity contribution >= 4 is 33.7 Å². The molecular weight excluding hydrogens is 379 g/mol. The van der Waals surface area contributed by atoms with Gasteiger partial charge in [0.1, 0.15) is 16.8 Å². The van der Waals surface area contributed by atoms with Gasteiger partial charge in [-0.05, 0) is 36.6 Å². The first-order valence-electron chi connectivity index (χ1n) is 7.81. The topological polar surface area (TPSA) is 59.9 Å². The van der Waals surface area contributed by atoms with Crippen LogP contribution in [0.25, 0.3) is 27.6 Å². The number of aromatic amines is 1. The molecule has 2 heterocycles. The van der Waals surface area contributed by atoms with Gasteiger partial charge in [0.05, 0.1) is 5.69 Å². The second-order valence-corrected chi connectivity index (χ2v) is 6.45. The van der Waals surface area contributed by atoms with E-state index in [0.717, 1.165) is 23.0 Å². The summed E-state index contributed by atoms with van der Waals surface area (Å²) in [6.07, 6.45) is -2.99. The van der Waals surface area contributed by atoms with Crippen molar-refractivity contribution in [2.75, 3.05) is 6.26 Å². The van der Waals surface area contributed by atoms with E-state index in [4.69, 9.17) is 0 Å². The van der Waals surface area contributed by atoms with Crippen molar-refractivity contribution in [3.05, 3.63) is 58.9 Å². The summed E-state index contributed by atoms with van der Waals surface area (Å²) in [6, 6.07) is 12.5. The average molecular weight is 391 g/mol. The average Bonchev–Trinajstić information content (AvgIpc) is 3.00. The number of ether oxygens (including phenoxy) is 1. The van der Waals surface area contributed by atoms with Crippen molar-refractivity contribution in [2.24, 2.45) is 0 Å². The molecule has 1 N–H and O–H groups in total. The molecule has 0 aliphatic carbocycles. The Labute approximate surface area is 154 Å². The van der Waals surface area contributed by atoms with Crippen LogP contribution in [0.4, 0.5) is 13.2 Å². The Bertz CT molecular complexity index is 1200. The lowest BCUT2D eigenvalue weighted by atomic mass is 10.2. The highest BCUT2D eigenvalue weighted by molar-refractivity contribution is 7.98. The van der Waals surface area contributed by atoms with Crippen LogP contribution in [0.3, 0.4) is 0 Å². The lowest BCUT2D eigenvalue weighted by molar-refractivity contribution is -0.274. The van der Waals surface area contributed by atoms with Crippen molar-refractivity contribution in [3.63, 3.8) is 0 Å². The van der Waals surface area contributed by atoms with Crippen LogP contribution in [0.15, 0.2) is 58.5 Å². The van der Waals surface area contributed by atoms with Gasteiger partial charge in [0.2, 0.25) is 0 Å². The summed E-state index contributed by atoms with van der Waals surface area (Å²) in [5.41, 5.74) is 1.76. The highest BCUT2D eigenvalue weighted by Gasteiger charge is 2.31. The van der Waals surface area contributed by atoms with E-state index in [2.05, 4.69) is 14.7 Å². The Kier molecular flexibility index (Phi) is 4.11. The van der Waals surface area contributed by atoms with Gasteiger partial charge in [0, 0.05) is 10.9 Å². The molecule has 5 nitrogen and oxygen atoms in total. The maximum atomic E-state index is 13.1. The fourth-order valence-corrected chi connectivity index (χ4v) is 3.46. The van der Waals surface area contributed by atoms with Crippen LogP contribution < -0.4 is 10.3 Å². The molecule has 2 aromatic heterocycles. The third kappa shape index (κ3) is 3.14. The van der Waals surface area contributed by atoms with Crippen molar-refractivity contribution in [1.29, 1.82) is 0 Å². The molecule has 0 unspecified atom stereocenters. The largest absolute Gasteiger partial charge is 0.573 e. The predicted octanol–water partition coefficient (Wildman–Crippen LogP) is 4.49. The molecule has 4 aromatic rings. The smallest absolute Gasteiger partial charge is 0.406 e. The van der Waals surface area contributed by atoms with E-state index in [-0.39, 0.29) is 11.3 Å². The minimum atomic E-state index is -4.77. The third-order valence-electron chi connectivity index (χ3n) is 4.01. The van der Waals surface area contributed by atoms with E-state index in [0.29, 0.717) is 21.9 Å². The normalized spacial score (nSPS) is 12.0. The van der Waals surface area contributed by atoms with Gasteiger partial charge in [-0.25, -0.2) is 4.98 Å². The van der Waals surface area contributed by atoms with Gasteiger partial charge in [-0.15, -0.1) is 13.2 Å². The molecule has 138 valence electrons. The molecule has 0 spiro atoms. The molecular formula is C18H12F3N3O2S. The summed E-state index contributed by atoms with van der Waals surface area (Å²) >= 11 is 1.27. The second-order valence-electron chi connectivity index (χ2n) is 5.67. The second kappa shape index (κ2) is 6.34. The molecule has 0 bridgehead atoms. The van der Waals surface area contributed by atoms with Crippen molar-refractivity contribution in [1.82, 2.24) is 14.5 Å². The number of benzene rings is 2. The molecule has 0 atom stereocenters. The Morgan fingerprint density at radius 1 is 1.11 bits per heavy atom. The molecule has 0 aliphatic rings. The molecule has 0 saturated heterocycles. The number of rotatable bonds is 3. The number of hydrogen-bond donors (Lipinski definition) is 1.